The molecule has 0 aliphatic carbocycles. The molecule has 0 aliphatic heterocycles. The molecule has 0 N–H and O–H groups in total. The number of aromatic nitrogens is 3. The monoisotopic (exact) mass is 185 g/mol. The lowest BCUT2D eigenvalue weighted by Crippen LogP contribution is -1.90. The summed E-state index contributed by atoms with van der Waals surface area (Å²) in [6, 6.07) is 0. The predicted molar refractivity (Wildman–Crippen MR) is 55.8 cm³/mol. The molecule has 0 fully saturated rings. The summed E-state index contributed by atoms with van der Waals surface area (Å²) in [7, 11) is 1.91. The second kappa shape index (κ2) is 3.15. The molecule has 2 aromatic heterocycles. The fourth-order valence-corrected chi connectivity index (χ4v) is 1.73. The Morgan fingerprint density at radius 1 is 1.50 bits per heavy atom. The van der Waals surface area contributed by atoms with Crippen molar-refractivity contribution in [2.45, 2.75) is 13.3 Å². The van der Waals surface area contributed by atoms with Crippen molar-refractivity contribution in [2.24, 2.45) is 7.05 Å². The van der Waals surface area contributed by atoms with E-state index in [0.29, 0.717) is 6.42 Å². The minimum Gasteiger partial charge on any atom is -0.266 e. The quantitative estimate of drug-likeness (QED) is 0.629. The Labute approximate surface area is 82.8 Å². The van der Waals surface area contributed by atoms with Crippen LogP contribution in [0.15, 0.2) is 12.4 Å². The van der Waals surface area contributed by atoms with Gasteiger partial charge in [-0.05, 0) is 12.5 Å². The van der Waals surface area contributed by atoms with Crippen molar-refractivity contribution in [3.05, 3.63) is 23.7 Å². The Kier molecular flexibility index (Phi) is 1.97. The van der Waals surface area contributed by atoms with Gasteiger partial charge in [0.15, 0.2) is 0 Å². The molecule has 0 bridgehead atoms. The number of rotatable bonds is 1. The first-order chi connectivity index (χ1) is 6.74. The lowest BCUT2D eigenvalue weighted by molar-refractivity contribution is 0.782. The van der Waals surface area contributed by atoms with Crippen molar-refractivity contribution in [1.82, 2.24) is 14.8 Å². The molecule has 14 heavy (non-hydrogen) atoms. The maximum atomic E-state index is 5.30. The first kappa shape index (κ1) is 8.76. The molecule has 2 aromatic rings. The molecular weight excluding hydrogens is 174 g/mol. The van der Waals surface area contributed by atoms with E-state index in [1.54, 1.807) is 0 Å². The Morgan fingerprint density at radius 2 is 2.29 bits per heavy atom. The fraction of sp³-hybridized carbons (Fsp3) is 0.273. The normalized spacial score (nSPS) is 10.4. The summed E-state index contributed by atoms with van der Waals surface area (Å²) < 4.78 is 1.83. The average Bonchev–Trinajstić information content (AvgIpc) is 2.44. The van der Waals surface area contributed by atoms with Crippen molar-refractivity contribution in [3.63, 3.8) is 0 Å². The Bertz CT molecular complexity index is 517. The van der Waals surface area contributed by atoms with Gasteiger partial charge in [-0.3, -0.25) is 9.67 Å². The molecule has 0 radical (unpaired) electrons. The second-order valence-electron chi connectivity index (χ2n) is 3.28. The van der Waals surface area contributed by atoms with Gasteiger partial charge in [-0.25, -0.2) is 0 Å². The number of fused-ring (bicyclic) bond motifs is 1. The Morgan fingerprint density at radius 3 is 3.00 bits per heavy atom. The highest BCUT2D eigenvalue weighted by atomic mass is 15.3. The van der Waals surface area contributed by atoms with Crippen molar-refractivity contribution in [2.75, 3.05) is 0 Å². The van der Waals surface area contributed by atoms with Gasteiger partial charge in [-0.15, -0.1) is 12.3 Å². The highest BCUT2D eigenvalue weighted by Gasteiger charge is 2.08. The number of terminal acetylenes is 1. The number of aryl methyl sites for hydroxylation is 2. The minimum absolute atomic E-state index is 0.608. The molecule has 2 heterocycles. The van der Waals surface area contributed by atoms with Crippen LogP contribution in [0.4, 0.5) is 0 Å². The van der Waals surface area contributed by atoms with Crippen LogP contribution in [-0.2, 0) is 13.5 Å². The SMILES string of the molecule is C#CCc1cncc2c1c(C)nn2C. The number of nitrogens with zero attached hydrogens (tertiary/aromatic N) is 3. The van der Waals surface area contributed by atoms with Crippen LogP contribution in [0.25, 0.3) is 10.9 Å². The van der Waals surface area contributed by atoms with E-state index in [2.05, 4.69) is 16.0 Å². The standard InChI is InChI=1S/C11H11N3/c1-4-5-9-6-12-7-10-11(9)8(2)13-14(10)3/h1,6-7H,5H2,2-3H3. The number of hydrogen-bond donors (Lipinski definition) is 0. The van der Waals surface area contributed by atoms with Crippen molar-refractivity contribution < 1.29 is 0 Å². The molecular formula is C11H11N3. The molecule has 0 spiro atoms. The van der Waals surface area contributed by atoms with Crippen LogP contribution in [0.1, 0.15) is 11.3 Å². The van der Waals surface area contributed by atoms with E-state index in [0.717, 1.165) is 22.2 Å². The third-order valence-corrected chi connectivity index (χ3v) is 2.31. The minimum atomic E-state index is 0.608. The third kappa shape index (κ3) is 1.16. The first-order valence-corrected chi connectivity index (χ1v) is 4.43. The van der Waals surface area contributed by atoms with Crippen LogP contribution >= 0.6 is 0 Å². The maximum absolute atomic E-state index is 5.30. The predicted octanol–water partition coefficient (Wildman–Crippen LogP) is 1.45. The van der Waals surface area contributed by atoms with Crippen molar-refractivity contribution in [1.29, 1.82) is 0 Å². The van der Waals surface area contributed by atoms with E-state index in [9.17, 15) is 0 Å². The van der Waals surface area contributed by atoms with Crippen molar-refractivity contribution in [3.8, 4) is 12.3 Å². The first-order valence-electron chi connectivity index (χ1n) is 4.43. The fourth-order valence-electron chi connectivity index (χ4n) is 1.73. The van der Waals surface area contributed by atoms with Crippen LogP contribution in [0.2, 0.25) is 0 Å². The van der Waals surface area contributed by atoms with Crippen LogP contribution in [0, 0.1) is 19.3 Å². The van der Waals surface area contributed by atoms with E-state index in [1.807, 2.05) is 31.0 Å². The van der Waals surface area contributed by atoms with Crippen LogP contribution in [0.3, 0.4) is 0 Å². The highest BCUT2D eigenvalue weighted by molar-refractivity contribution is 5.84. The summed E-state index contributed by atoms with van der Waals surface area (Å²) in [5.74, 6) is 2.64. The van der Waals surface area contributed by atoms with Gasteiger partial charge in [0.2, 0.25) is 0 Å². The molecule has 0 saturated carbocycles. The smallest absolute Gasteiger partial charge is 0.0868 e. The summed E-state index contributed by atoms with van der Waals surface area (Å²) in [6.45, 7) is 1.99. The Balaban J connectivity index is 2.80. The van der Waals surface area contributed by atoms with Gasteiger partial charge in [0, 0.05) is 25.1 Å². The summed E-state index contributed by atoms with van der Waals surface area (Å²) >= 11 is 0. The molecule has 0 amide bonds. The molecule has 0 saturated heterocycles. The molecule has 70 valence electrons. The largest absolute Gasteiger partial charge is 0.266 e. The van der Waals surface area contributed by atoms with E-state index in [4.69, 9.17) is 6.42 Å². The average molecular weight is 185 g/mol. The van der Waals surface area contributed by atoms with Gasteiger partial charge in [0.25, 0.3) is 0 Å². The van der Waals surface area contributed by atoms with E-state index < -0.39 is 0 Å². The molecule has 0 unspecified atom stereocenters. The van der Waals surface area contributed by atoms with Crippen LogP contribution in [-0.4, -0.2) is 14.8 Å². The summed E-state index contributed by atoms with van der Waals surface area (Å²) in [5, 5.41) is 5.48. The third-order valence-electron chi connectivity index (χ3n) is 2.31. The zero-order chi connectivity index (χ0) is 10.1. The second-order valence-corrected chi connectivity index (χ2v) is 3.28. The summed E-state index contributed by atoms with van der Waals surface area (Å²) in [5.41, 5.74) is 3.13. The van der Waals surface area contributed by atoms with E-state index >= 15 is 0 Å². The molecule has 0 aliphatic rings. The van der Waals surface area contributed by atoms with E-state index in [-0.39, 0.29) is 0 Å². The highest BCUT2D eigenvalue weighted by Crippen LogP contribution is 2.20. The van der Waals surface area contributed by atoms with E-state index in [1.165, 1.54) is 0 Å². The lowest BCUT2D eigenvalue weighted by Gasteiger charge is -1.98. The summed E-state index contributed by atoms with van der Waals surface area (Å²) in [4.78, 5) is 4.15. The van der Waals surface area contributed by atoms with Gasteiger partial charge in [0.05, 0.1) is 17.4 Å². The number of pyridine rings is 1. The molecule has 2 rings (SSSR count). The van der Waals surface area contributed by atoms with Crippen LogP contribution in [0.5, 0.6) is 0 Å². The van der Waals surface area contributed by atoms with Crippen LogP contribution < -0.4 is 0 Å². The molecule has 3 heteroatoms. The summed E-state index contributed by atoms with van der Waals surface area (Å²) in [6.07, 6.45) is 9.54. The molecule has 0 aromatic carbocycles. The topological polar surface area (TPSA) is 30.7 Å². The van der Waals surface area contributed by atoms with Gasteiger partial charge in [-0.1, -0.05) is 0 Å². The van der Waals surface area contributed by atoms with Gasteiger partial charge < -0.3 is 0 Å². The zero-order valence-electron chi connectivity index (χ0n) is 8.28. The van der Waals surface area contributed by atoms with Gasteiger partial charge in [-0.2, -0.15) is 5.10 Å². The Hall–Kier alpha value is -1.82. The maximum Gasteiger partial charge on any atom is 0.0868 e. The molecule has 3 nitrogen and oxygen atoms in total. The molecule has 0 atom stereocenters. The number of hydrogen-bond acceptors (Lipinski definition) is 2. The lowest BCUT2D eigenvalue weighted by atomic mass is 10.1. The van der Waals surface area contributed by atoms with Crippen molar-refractivity contribution >= 4 is 10.9 Å². The zero-order valence-corrected chi connectivity index (χ0v) is 8.28. The van der Waals surface area contributed by atoms with Gasteiger partial charge in [0.1, 0.15) is 0 Å². The van der Waals surface area contributed by atoms with Gasteiger partial charge >= 0.3 is 0 Å².